The van der Waals surface area contributed by atoms with Gasteiger partial charge in [0.1, 0.15) is 0 Å². The summed E-state index contributed by atoms with van der Waals surface area (Å²) in [4.78, 5) is 16.8. The predicted molar refractivity (Wildman–Crippen MR) is 113 cm³/mol. The standard InChI is InChI=1S/C21H35N3O3S/c1-8-22(9-2)14-20(25)23-10-12-24(13-11-23)28(26,27)21-18(6)16(4)15(3)17(5)19(21)7/h8-14H2,1-7H3. The molecular formula is C21H35N3O3S. The molecule has 0 atom stereocenters. The average Bonchev–Trinajstić information content (AvgIpc) is 2.68. The molecule has 0 unspecified atom stereocenters. The zero-order valence-electron chi connectivity index (χ0n) is 18.4. The first kappa shape index (κ1) is 22.8. The lowest BCUT2D eigenvalue weighted by Gasteiger charge is -2.35. The van der Waals surface area contributed by atoms with Crippen LogP contribution in [0.5, 0.6) is 0 Å². The van der Waals surface area contributed by atoms with Crippen LogP contribution in [0.15, 0.2) is 4.90 Å². The van der Waals surface area contributed by atoms with Crippen LogP contribution in [0.2, 0.25) is 0 Å². The fourth-order valence-electron chi connectivity index (χ4n) is 3.90. The van der Waals surface area contributed by atoms with Crippen LogP contribution < -0.4 is 0 Å². The molecule has 28 heavy (non-hydrogen) atoms. The summed E-state index contributed by atoms with van der Waals surface area (Å²) in [6, 6.07) is 0. The van der Waals surface area contributed by atoms with E-state index >= 15 is 0 Å². The average molecular weight is 410 g/mol. The van der Waals surface area contributed by atoms with Crippen molar-refractivity contribution in [2.24, 2.45) is 0 Å². The molecule has 1 aliphatic rings. The Morgan fingerprint density at radius 3 is 1.68 bits per heavy atom. The fourth-order valence-corrected chi connectivity index (χ4v) is 5.88. The summed E-state index contributed by atoms with van der Waals surface area (Å²) < 4.78 is 28.4. The molecule has 1 heterocycles. The maximum absolute atomic E-state index is 13.4. The molecule has 1 aliphatic heterocycles. The van der Waals surface area contributed by atoms with Gasteiger partial charge in [0.2, 0.25) is 15.9 Å². The third kappa shape index (κ3) is 4.26. The van der Waals surface area contributed by atoms with Crippen LogP contribution in [0, 0.1) is 34.6 Å². The van der Waals surface area contributed by atoms with Crippen LogP contribution in [0.3, 0.4) is 0 Å². The van der Waals surface area contributed by atoms with Gasteiger partial charge in [-0.25, -0.2) is 8.42 Å². The van der Waals surface area contributed by atoms with Gasteiger partial charge in [0, 0.05) is 26.2 Å². The third-order valence-electron chi connectivity index (χ3n) is 6.37. The number of likely N-dealkylation sites (N-methyl/N-ethyl adjacent to an activating group) is 1. The van der Waals surface area contributed by atoms with E-state index in [4.69, 9.17) is 0 Å². The van der Waals surface area contributed by atoms with Crippen molar-refractivity contribution in [3.63, 3.8) is 0 Å². The van der Waals surface area contributed by atoms with Gasteiger partial charge >= 0.3 is 0 Å². The molecule has 1 amide bonds. The first-order valence-electron chi connectivity index (χ1n) is 10.1. The molecule has 0 aliphatic carbocycles. The van der Waals surface area contributed by atoms with Gasteiger partial charge in [-0.1, -0.05) is 13.8 Å². The van der Waals surface area contributed by atoms with E-state index in [-0.39, 0.29) is 5.91 Å². The summed E-state index contributed by atoms with van der Waals surface area (Å²) in [7, 11) is -3.58. The minimum absolute atomic E-state index is 0.0788. The number of amides is 1. The smallest absolute Gasteiger partial charge is 0.243 e. The van der Waals surface area contributed by atoms with E-state index in [9.17, 15) is 13.2 Å². The summed E-state index contributed by atoms with van der Waals surface area (Å²) in [5.41, 5.74) is 4.89. The van der Waals surface area contributed by atoms with Crippen LogP contribution in [0.25, 0.3) is 0 Å². The van der Waals surface area contributed by atoms with E-state index in [1.54, 1.807) is 4.90 Å². The van der Waals surface area contributed by atoms with Crippen molar-refractivity contribution in [2.45, 2.75) is 53.4 Å². The molecule has 1 saturated heterocycles. The number of nitrogens with zero attached hydrogens (tertiary/aromatic N) is 3. The van der Waals surface area contributed by atoms with E-state index in [0.29, 0.717) is 37.6 Å². The lowest BCUT2D eigenvalue weighted by molar-refractivity contribution is -0.133. The maximum atomic E-state index is 13.4. The van der Waals surface area contributed by atoms with Crippen LogP contribution in [-0.4, -0.2) is 74.2 Å². The summed E-state index contributed by atoms with van der Waals surface area (Å²) in [5, 5.41) is 0. The molecule has 1 aromatic carbocycles. The van der Waals surface area contributed by atoms with Crippen LogP contribution in [0.1, 0.15) is 41.7 Å². The van der Waals surface area contributed by atoms with E-state index in [1.807, 2.05) is 48.5 Å². The molecule has 7 heteroatoms. The first-order valence-corrected chi connectivity index (χ1v) is 11.6. The van der Waals surface area contributed by atoms with Gasteiger partial charge in [-0.2, -0.15) is 4.31 Å². The molecule has 6 nitrogen and oxygen atoms in total. The number of benzene rings is 1. The molecule has 0 spiro atoms. The van der Waals surface area contributed by atoms with Gasteiger partial charge in [0.05, 0.1) is 11.4 Å². The Hall–Kier alpha value is -1.44. The van der Waals surface area contributed by atoms with Crippen molar-refractivity contribution < 1.29 is 13.2 Å². The Labute approximate surface area is 170 Å². The van der Waals surface area contributed by atoms with Gasteiger partial charge < -0.3 is 4.90 Å². The summed E-state index contributed by atoms with van der Waals surface area (Å²) in [5.74, 6) is 0.0788. The lowest BCUT2D eigenvalue weighted by Crippen LogP contribution is -2.52. The highest BCUT2D eigenvalue weighted by atomic mass is 32.2. The summed E-state index contributed by atoms with van der Waals surface area (Å²) in [6.45, 7) is 17.5. The minimum atomic E-state index is -3.58. The van der Waals surface area contributed by atoms with Crippen LogP contribution >= 0.6 is 0 Å². The van der Waals surface area contributed by atoms with Gasteiger partial charge in [-0.15, -0.1) is 0 Å². The Kier molecular flexibility index (Phi) is 7.28. The number of sulfonamides is 1. The normalized spacial score (nSPS) is 16.1. The largest absolute Gasteiger partial charge is 0.339 e. The number of piperazine rings is 1. The second-order valence-electron chi connectivity index (χ2n) is 7.70. The molecule has 0 saturated carbocycles. The van der Waals surface area contributed by atoms with E-state index in [1.165, 1.54) is 4.31 Å². The summed E-state index contributed by atoms with van der Waals surface area (Å²) in [6.07, 6.45) is 0. The zero-order valence-corrected chi connectivity index (χ0v) is 19.2. The summed E-state index contributed by atoms with van der Waals surface area (Å²) >= 11 is 0. The van der Waals surface area contributed by atoms with Crippen molar-refractivity contribution in [1.82, 2.24) is 14.1 Å². The molecule has 0 bridgehead atoms. The SMILES string of the molecule is CCN(CC)CC(=O)N1CCN(S(=O)(=O)c2c(C)c(C)c(C)c(C)c2C)CC1. The van der Waals surface area contributed by atoms with Gasteiger partial charge in [-0.3, -0.25) is 9.69 Å². The molecule has 0 aromatic heterocycles. The molecule has 0 N–H and O–H groups in total. The number of carbonyl (C=O) groups excluding carboxylic acids is 1. The van der Waals surface area contributed by atoms with Crippen molar-refractivity contribution in [3.8, 4) is 0 Å². The maximum Gasteiger partial charge on any atom is 0.243 e. The highest BCUT2D eigenvalue weighted by Gasteiger charge is 2.33. The lowest BCUT2D eigenvalue weighted by atomic mass is 9.95. The molecule has 2 rings (SSSR count). The number of rotatable bonds is 6. The Morgan fingerprint density at radius 2 is 1.25 bits per heavy atom. The van der Waals surface area contributed by atoms with Gasteiger partial charge in [0.25, 0.3) is 0 Å². The monoisotopic (exact) mass is 409 g/mol. The highest BCUT2D eigenvalue weighted by Crippen LogP contribution is 2.31. The Balaban J connectivity index is 2.20. The number of hydrogen-bond acceptors (Lipinski definition) is 4. The van der Waals surface area contributed by atoms with Crippen molar-refractivity contribution in [2.75, 3.05) is 45.8 Å². The minimum Gasteiger partial charge on any atom is -0.339 e. The molecule has 1 aromatic rings. The predicted octanol–water partition coefficient (Wildman–Crippen LogP) is 2.40. The van der Waals surface area contributed by atoms with Gasteiger partial charge in [0.15, 0.2) is 0 Å². The zero-order chi connectivity index (χ0) is 21.2. The quantitative estimate of drug-likeness (QED) is 0.724. The van der Waals surface area contributed by atoms with Crippen LogP contribution in [0.4, 0.5) is 0 Å². The molecule has 0 radical (unpaired) electrons. The molecule has 158 valence electrons. The van der Waals surface area contributed by atoms with E-state index in [0.717, 1.165) is 40.9 Å². The molecular weight excluding hydrogens is 374 g/mol. The molecule has 1 fully saturated rings. The van der Waals surface area contributed by atoms with Gasteiger partial charge in [-0.05, 0) is 75.5 Å². The van der Waals surface area contributed by atoms with Crippen molar-refractivity contribution >= 4 is 15.9 Å². The van der Waals surface area contributed by atoms with E-state index in [2.05, 4.69) is 4.90 Å². The fraction of sp³-hybridized carbons (Fsp3) is 0.667. The Morgan fingerprint density at radius 1 is 0.821 bits per heavy atom. The van der Waals surface area contributed by atoms with Crippen LogP contribution in [-0.2, 0) is 14.8 Å². The second kappa shape index (κ2) is 8.93. The first-order chi connectivity index (χ1) is 13.1. The second-order valence-corrected chi connectivity index (χ2v) is 9.58. The number of hydrogen-bond donors (Lipinski definition) is 0. The number of carbonyl (C=O) groups is 1. The van der Waals surface area contributed by atoms with Crippen molar-refractivity contribution in [1.29, 1.82) is 0 Å². The third-order valence-corrected chi connectivity index (χ3v) is 8.55. The topological polar surface area (TPSA) is 60.9 Å². The highest BCUT2D eigenvalue weighted by molar-refractivity contribution is 7.89. The van der Waals surface area contributed by atoms with E-state index < -0.39 is 10.0 Å². The van der Waals surface area contributed by atoms with Crippen molar-refractivity contribution in [3.05, 3.63) is 27.8 Å². The Bertz CT molecular complexity index is 808.